The molecule has 2 aromatic rings. The molecule has 1 atom stereocenters. The first-order valence-electron chi connectivity index (χ1n) is 9.80. The summed E-state index contributed by atoms with van der Waals surface area (Å²) in [6, 6.07) is 0.465. The Balaban J connectivity index is 1.86. The Morgan fingerprint density at radius 1 is 1.34 bits per heavy atom. The van der Waals surface area contributed by atoms with Crippen molar-refractivity contribution in [2.24, 2.45) is 0 Å². The van der Waals surface area contributed by atoms with Crippen LogP contribution in [0.3, 0.4) is 0 Å². The van der Waals surface area contributed by atoms with Gasteiger partial charge in [-0.3, -0.25) is 9.48 Å². The summed E-state index contributed by atoms with van der Waals surface area (Å²) in [5.41, 5.74) is 1.50. The van der Waals surface area contributed by atoms with Gasteiger partial charge in [0.15, 0.2) is 0 Å². The first-order valence-corrected chi connectivity index (χ1v) is 10.6. The van der Waals surface area contributed by atoms with Crippen LogP contribution in [0.5, 0.6) is 0 Å². The molecule has 1 unspecified atom stereocenters. The highest BCUT2D eigenvalue weighted by atomic mass is 32.1. The van der Waals surface area contributed by atoms with Gasteiger partial charge in [-0.25, -0.2) is 13.6 Å². The maximum absolute atomic E-state index is 12.9. The number of hydrogen-bond acceptors (Lipinski definition) is 5. The molecule has 29 heavy (non-hydrogen) atoms. The van der Waals surface area contributed by atoms with E-state index >= 15 is 0 Å². The van der Waals surface area contributed by atoms with E-state index in [9.17, 15) is 18.4 Å². The maximum atomic E-state index is 12.9. The maximum Gasteiger partial charge on any atom is 0.341 e. The predicted octanol–water partition coefficient (Wildman–Crippen LogP) is 4.84. The zero-order chi connectivity index (χ0) is 21.1. The molecule has 1 aliphatic carbocycles. The van der Waals surface area contributed by atoms with Crippen LogP contribution in [0.2, 0.25) is 0 Å². The van der Waals surface area contributed by atoms with Crippen LogP contribution < -0.4 is 5.32 Å². The van der Waals surface area contributed by atoms with Crippen molar-refractivity contribution in [2.45, 2.75) is 65.3 Å². The van der Waals surface area contributed by atoms with E-state index in [-0.39, 0.29) is 5.69 Å². The Morgan fingerprint density at radius 3 is 2.72 bits per heavy atom. The standard InChI is InChI=1S/C20H25F2N3O3S/c1-4-9-28-20(27)16-13-7-5-6-8-15(13)29-19(16)23-18(26)12(3)25-11(2)10-14(24-25)17(21)22/h10,12,17H,4-9H2,1-3H3,(H,23,26). The molecule has 0 saturated heterocycles. The SMILES string of the molecule is CCCOC(=O)c1c(NC(=O)C(C)n2nc(C(F)F)cc2C)sc2c1CCCC2. The number of carbonyl (C=O) groups is 2. The first kappa shape index (κ1) is 21.4. The number of alkyl halides is 2. The molecule has 0 bridgehead atoms. The Bertz CT molecular complexity index is 907. The van der Waals surface area contributed by atoms with Crippen LogP contribution in [0.15, 0.2) is 6.07 Å². The molecule has 9 heteroatoms. The number of aromatic nitrogens is 2. The molecule has 0 fully saturated rings. The molecule has 0 spiro atoms. The largest absolute Gasteiger partial charge is 0.462 e. The zero-order valence-electron chi connectivity index (χ0n) is 16.8. The fourth-order valence-electron chi connectivity index (χ4n) is 3.48. The van der Waals surface area contributed by atoms with E-state index in [0.29, 0.717) is 29.3 Å². The molecular formula is C20H25F2N3O3S. The van der Waals surface area contributed by atoms with Gasteiger partial charge in [-0.1, -0.05) is 6.92 Å². The summed E-state index contributed by atoms with van der Waals surface area (Å²) < 4.78 is 32.5. The van der Waals surface area contributed by atoms with Crippen LogP contribution in [-0.2, 0) is 22.4 Å². The predicted molar refractivity (Wildman–Crippen MR) is 107 cm³/mol. The van der Waals surface area contributed by atoms with Gasteiger partial charge in [0, 0.05) is 10.6 Å². The molecular weight excluding hydrogens is 400 g/mol. The first-order chi connectivity index (χ1) is 13.8. The number of carbonyl (C=O) groups excluding carboxylic acids is 2. The number of nitrogens with zero attached hydrogens (tertiary/aromatic N) is 2. The number of rotatable bonds is 7. The summed E-state index contributed by atoms with van der Waals surface area (Å²) in [5, 5.41) is 7.14. The van der Waals surface area contributed by atoms with Crippen LogP contribution in [0, 0.1) is 6.92 Å². The lowest BCUT2D eigenvalue weighted by Crippen LogP contribution is -2.26. The number of ether oxygens (including phenoxy) is 1. The van der Waals surface area contributed by atoms with Crippen molar-refractivity contribution in [1.29, 1.82) is 0 Å². The monoisotopic (exact) mass is 425 g/mol. The number of halogens is 2. The smallest absolute Gasteiger partial charge is 0.341 e. The van der Waals surface area contributed by atoms with E-state index in [2.05, 4.69) is 10.4 Å². The van der Waals surface area contributed by atoms with Crippen molar-refractivity contribution in [3.05, 3.63) is 33.5 Å². The number of aryl methyl sites for hydroxylation is 2. The molecule has 158 valence electrons. The fraction of sp³-hybridized carbons (Fsp3) is 0.550. The van der Waals surface area contributed by atoms with Crippen LogP contribution in [0.1, 0.15) is 77.8 Å². The van der Waals surface area contributed by atoms with Gasteiger partial charge in [0.2, 0.25) is 5.91 Å². The number of esters is 1. The average molecular weight is 426 g/mol. The zero-order valence-corrected chi connectivity index (χ0v) is 17.6. The van der Waals surface area contributed by atoms with Gasteiger partial charge in [0.1, 0.15) is 16.7 Å². The Kier molecular flexibility index (Phi) is 6.66. The van der Waals surface area contributed by atoms with Crippen LogP contribution in [0.4, 0.5) is 13.8 Å². The molecule has 0 saturated carbocycles. The van der Waals surface area contributed by atoms with Crippen molar-refractivity contribution in [3.8, 4) is 0 Å². The average Bonchev–Trinajstić information content (AvgIpc) is 3.25. The van der Waals surface area contributed by atoms with Crippen LogP contribution in [-0.4, -0.2) is 28.3 Å². The van der Waals surface area contributed by atoms with Gasteiger partial charge < -0.3 is 10.1 Å². The van der Waals surface area contributed by atoms with Crippen molar-refractivity contribution < 1.29 is 23.1 Å². The molecule has 0 aromatic carbocycles. The Hall–Kier alpha value is -2.29. The molecule has 1 N–H and O–H groups in total. The summed E-state index contributed by atoms with van der Waals surface area (Å²) in [6.45, 7) is 5.45. The molecule has 3 rings (SSSR count). The third kappa shape index (κ3) is 4.49. The van der Waals surface area contributed by atoms with Gasteiger partial charge >= 0.3 is 5.97 Å². The van der Waals surface area contributed by atoms with Crippen LogP contribution >= 0.6 is 11.3 Å². The highest BCUT2D eigenvalue weighted by Crippen LogP contribution is 2.39. The van der Waals surface area contributed by atoms with E-state index in [1.807, 2.05) is 6.92 Å². The number of amides is 1. The van der Waals surface area contributed by atoms with E-state index in [0.717, 1.165) is 36.1 Å². The number of anilines is 1. The normalized spacial score (nSPS) is 14.6. The van der Waals surface area contributed by atoms with Gasteiger partial charge in [-0.15, -0.1) is 11.3 Å². The van der Waals surface area contributed by atoms with E-state index < -0.39 is 24.3 Å². The van der Waals surface area contributed by atoms with Gasteiger partial charge in [0.05, 0.1) is 12.2 Å². The lowest BCUT2D eigenvalue weighted by atomic mass is 9.95. The minimum Gasteiger partial charge on any atom is -0.462 e. The number of thiophene rings is 1. The van der Waals surface area contributed by atoms with Crippen molar-refractivity contribution in [1.82, 2.24) is 9.78 Å². The van der Waals surface area contributed by atoms with Gasteiger partial charge in [-0.05, 0) is 57.6 Å². The molecule has 2 heterocycles. The van der Waals surface area contributed by atoms with Crippen LogP contribution in [0.25, 0.3) is 0 Å². The summed E-state index contributed by atoms with van der Waals surface area (Å²) in [7, 11) is 0. The van der Waals surface area contributed by atoms with E-state index in [4.69, 9.17) is 4.74 Å². The fourth-order valence-corrected chi connectivity index (χ4v) is 4.76. The quantitative estimate of drug-likeness (QED) is 0.645. The second-order valence-corrected chi connectivity index (χ2v) is 8.28. The molecule has 1 aliphatic rings. The van der Waals surface area contributed by atoms with Crippen molar-refractivity contribution in [2.75, 3.05) is 11.9 Å². The summed E-state index contributed by atoms with van der Waals surface area (Å²) in [5.74, 6) is -0.843. The summed E-state index contributed by atoms with van der Waals surface area (Å²) >= 11 is 1.40. The lowest BCUT2D eigenvalue weighted by molar-refractivity contribution is -0.119. The summed E-state index contributed by atoms with van der Waals surface area (Å²) in [6.07, 6.45) is 1.70. The minimum atomic E-state index is -2.70. The molecule has 6 nitrogen and oxygen atoms in total. The highest BCUT2D eigenvalue weighted by Gasteiger charge is 2.29. The Morgan fingerprint density at radius 2 is 2.07 bits per heavy atom. The number of nitrogens with one attached hydrogen (secondary N) is 1. The molecule has 2 aromatic heterocycles. The second kappa shape index (κ2) is 9.02. The van der Waals surface area contributed by atoms with Crippen molar-refractivity contribution >= 4 is 28.2 Å². The summed E-state index contributed by atoms with van der Waals surface area (Å²) in [4.78, 5) is 26.6. The molecule has 1 amide bonds. The van der Waals surface area contributed by atoms with E-state index in [1.54, 1.807) is 13.8 Å². The van der Waals surface area contributed by atoms with Crippen molar-refractivity contribution in [3.63, 3.8) is 0 Å². The number of fused-ring (bicyclic) bond motifs is 1. The third-order valence-corrected chi connectivity index (χ3v) is 6.17. The topological polar surface area (TPSA) is 73.2 Å². The second-order valence-electron chi connectivity index (χ2n) is 7.17. The highest BCUT2D eigenvalue weighted by molar-refractivity contribution is 7.17. The minimum absolute atomic E-state index is 0.316. The molecule has 0 aliphatic heterocycles. The number of hydrogen-bond donors (Lipinski definition) is 1. The molecule has 0 radical (unpaired) electrons. The Labute approximate surface area is 172 Å². The van der Waals surface area contributed by atoms with Gasteiger partial charge in [-0.2, -0.15) is 5.10 Å². The van der Waals surface area contributed by atoms with E-state index in [1.165, 1.54) is 22.1 Å². The lowest BCUT2D eigenvalue weighted by Gasteiger charge is -2.15. The van der Waals surface area contributed by atoms with Gasteiger partial charge in [0.25, 0.3) is 6.43 Å². The third-order valence-electron chi connectivity index (χ3n) is 4.96.